The first-order chi connectivity index (χ1) is 6.65. The Bertz CT molecular complexity index is 291. The molecule has 0 fully saturated rings. The number of hydrogen-bond acceptors (Lipinski definition) is 1. The van der Waals surface area contributed by atoms with Gasteiger partial charge in [-0.05, 0) is 17.9 Å². The van der Waals surface area contributed by atoms with Gasteiger partial charge in [0.25, 0.3) is 0 Å². The van der Waals surface area contributed by atoms with Gasteiger partial charge in [0.05, 0.1) is 0 Å². The summed E-state index contributed by atoms with van der Waals surface area (Å²) < 4.78 is 0. The molecule has 0 spiro atoms. The topological polar surface area (TPSA) is 26.0 Å². The fraction of sp³-hybridized carbons (Fsp3) is 0.385. The minimum absolute atomic E-state index is 0.275. The Hall–Kier alpha value is -1.08. The van der Waals surface area contributed by atoms with E-state index in [9.17, 15) is 0 Å². The van der Waals surface area contributed by atoms with Gasteiger partial charge in [-0.25, -0.2) is 0 Å². The Kier molecular flexibility index (Phi) is 3.48. The van der Waals surface area contributed by atoms with Crippen molar-refractivity contribution in [2.45, 2.75) is 25.8 Å². The zero-order valence-electron chi connectivity index (χ0n) is 9.03. The second kappa shape index (κ2) is 4.43. The van der Waals surface area contributed by atoms with Gasteiger partial charge in [0.2, 0.25) is 0 Å². The Morgan fingerprint density at radius 1 is 1.43 bits per heavy atom. The van der Waals surface area contributed by atoms with E-state index in [0.717, 1.165) is 6.42 Å². The molecule has 2 N–H and O–H groups in total. The molecule has 2 atom stereocenters. The quantitative estimate of drug-likeness (QED) is 0.724. The number of nitrogens with two attached hydrogens (primary N) is 1. The van der Waals surface area contributed by atoms with Crippen LogP contribution < -0.4 is 5.73 Å². The molecule has 0 radical (unpaired) electrons. The molecule has 1 aromatic carbocycles. The van der Waals surface area contributed by atoms with Crippen LogP contribution in [0, 0.1) is 5.92 Å². The standard InChI is InChI=1S/C13H19N/c1-4-11(3)13(14,5-2)12-9-7-6-8-10-12/h4,6-11H,1,5,14H2,2-3H3. The molecular formula is C13H19N. The molecule has 0 heterocycles. The molecule has 0 aliphatic carbocycles. The van der Waals surface area contributed by atoms with E-state index >= 15 is 0 Å². The first kappa shape index (κ1) is 11.0. The van der Waals surface area contributed by atoms with E-state index in [4.69, 9.17) is 5.73 Å². The first-order valence-corrected chi connectivity index (χ1v) is 5.12. The van der Waals surface area contributed by atoms with Gasteiger partial charge in [0, 0.05) is 5.54 Å². The van der Waals surface area contributed by atoms with E-state index in [1.54, 1.807) is 0 Å². The van der Waals surface area contributed by atoms with Crippen molar-refractivity contribution in [3.05, 3.63) is 48.6 Å². The molecule has 0 aromatic heterocycles. The summed E-state index contributed by atoms with van der Waals surface area (Å²) in [5.74, 6) is 0.287. The summed E-state index contributed by atoms with van der Waals surface area (Å²) in [7, 11) is 0. The van der Waals surface area contributed by atoms with E-state index in [1.165, 1.54) is 5.56 Å². The molecule has 1 nitrogen and oxygen atoms in total. The van der Waals surface area contributed by atoms with Crippen LogP contribution in [0.2, 0.25) is 0 Å². The molecule has 0 saturated heterocycles. The van der Waals surface area contributed by atoms with E-state index in [-0.39, 0.29) is 11.5 Å². The molecule has 0 aliphatic rings. The van der Waals surface area contributed by atoms with Crippen LogP contribution in [0.4, 0.5) is 0 Å². The van der Waals surface area contributed by atoms with E-state index < -0.39 is 0 Å². The van der Waals surface area contributed by atoms with Crippen molar-refractivity contribution in [1.82, 2.24) is 0 Å². The van der Waals surface area contributed by atoms with Crippen molar-refractivity contribution in [2.75, 3.05) is 0 Å². The Morgan fingerprint density at radius 2 is 2.00 bits per heavy atom. The number of hydrogen-bond donors (Lipinski definition) is 1. The van der Waals surface area contributed by atoms with Gasteiger partial charge in [0.1, 0.15) is 0 Å². The van der Waals surface area contributed by atoms with Crippen LogP contribution in [0.3, 0.4) is 0 Å². The maximum atomic E-state index is 6.40. The molecular weight excluding hydrogens is 170 g/mol. The van der Waals surface area contributed by atoms with Crippen molar-refractivity contribution in [3.63, 3.8) is 0 Å². The molecule has 0 saturated carbocycles. The summed E-state index contributed by atoms with van der Waals surface area (Å²) in [5, 5.41) is 0. The lowest BCUT2D eigenvalue weighted by molar-refractivity contribution is 0.336. The summed E-state index contributed by atoms with van der Waals surface area (Å²) in [4.78, 5) is 0. The molecule has 1 aromatic rings. The van der Waals surface area contributed by atoms with Gasteiger partial charge in [0.15, 0.2) is 0 Å². The summed E-state index contributed by atoms with van der Waals surface area (Å²) in [6.45, 7) is 8.05. The fourth-order valence-electron chi connectivity index (χ4n) is 1.75. The molecule has 1 heteroatoms. The first-order valence-electron chi connectivity index (χ1n) is 5.12. The molecule has 0 bridgehead atoms. The van der Waals surface area contributed by atoms with Gasteiger partial charge in [-0.2, -0.15) is 0 Å². The Balaban J connectivity index is 3.07. The van der Waals surface area contributed by atoms with Crippen molar-refractivity contribution in [2.24, 2.45) is 11.7 Å². The third-order valence-corrected chi connectivity index (χ3v) is 3.06. The van der Waals surface area contributed by atoms with Gasteiger partial charge < -0.3 is 5.73 Å². The molecule has 2 unspecified atom stereocenters. The third kappa shape index (κ3) is 1.88. The van der Waals surface area contributed by atoms with Crippen LogP contribution in [0.25, 0.3) is 0 Å². The van der Waals surface area contributed by atoms with E-state index in [2.05, 4.69) is 32.6 Å². The van der Waals surface area contributed by atoms with Gasteiger partial charge in [-0.15, -0.1) is 6.58 Å². The second-order valence-electron chi connectivity index (χ2n) is 3.78. The van der Waals surface area contributed by atoms with Crippen LogP contribution in [0.5, 0.6) is 0 Å². The highest BCUT2D eigenvalue weighted by atomic mass is 14.8. The summed E-state index contributed by atoms with van der Waals surface area (Å²) in [6.07, 6.45) is 2.85. The molecule has 76 valence electrons. The molecule has 14 heavy (non-hydrogen) atoms. The van der Waals surface area contributed by atoms with Crippen LogP contribution in [0.1, 0.15) is 25.8 Å². The Morgan fingerprint density at radius 3 is 2.43 bits per heavy atom. The summed E-state index contributed by atoms with van der Waals surface area (Å²) >= 11 is 0. The predicted octanol–water partition coefficient (Wildman–Crippen LogP) is 3.07. The largest absolute Gasteiger partial charge is 0.321 e. The summed E-state index contributed by atoms with van der Waals surface area (Å²) in [6, 6.07) is 10.2. The maximum absolute atomic E-state index is 6.40. The normalized spacial score (nSPS) is 17.1. The SMILES string of the molecule is C=CC(C)C(N)(CC)c1ccccc1. The van der Waals surface area contributed by atoms with Gasteiger partial charge >= 0.3 is 0 Å². The highest BCUT2D eigenvalue weighted by molar-refractivity contribution is 5.25. The molecule has 1 rings (SSSR count). The van der Waals surface area contributed by atoms with Gasteiger partial charge in [-0.3, -0.25) is 0 Å². The van der Waals surface area contributed by atoms with Crippen LogP contribution in [0.15, 0.2) is 43.0 Å². The average molecular weight is 189 g/mol. The zero-order valence-corrected chi connectivity index (χ0v) is 9.03. The fourth-order valence-corrected chi connectivity index (χ4v) is 1.75. The third-order valence-electron chi connectivity index (χ3n) is 3.06. The smallest absolute Gasteiger partial charge is 0.0467 e. The van der Waals surface area contributed by atoms with E-state index in [1.807, 2.05) is 24.3 Å². The lowest BCUT2D eigenvalue weighted by atomic mass is 9.78. The maximum Gasteiger partial charge on any atom is 0.0467 e. The van der Waals surface area contributed by atoms with Crippen LogP contribution in [-0.2, 0) is 5.54 Å². The molecule has 0 amide bonds. The average Bonchev–Trinajstić information content (AvgIpc) is 2.28. The van der Waals surface area contributed by atoms with Crippen molar-refractivity contribution < 1.29 is 0 Å². The lowest BCUT2D eigenvalue weighted by Gasteiger charge is -2.33. The van der Waals surface area contributed by atoms with Crippen LogP contribution >= 0.6 is 0 Å². The van der Waals surface area contributed by atoms with Crippen molar-refractivity contribution >= 4 is 0 Å². The van der Waals surface area contributed by atoms with Crippen molar-refractivity contribution in [1.29, 1.82) is 0 Å². The highest BCUT2D eigenvalue weighted by Crippen LogP contribution is 2.30. The zero-order chi connectivity index (χ0) is 10.6. The monoisotopic (exact) mass is 189 g/mol. The minimum Gasteiger partial charge on any atom is -0.321 e. The second-order valence-corrected chi connectivity index (χ2v) is 3.78. The summed E-state index contributed by atoms with van der Waals surface area (Å²) in [5.41, 5.74) is 7.32. The Labute approximate surface area is 86.6 Å². The number of benzene rings is 1. The highest BCUT2D eigenvalue weighted by Gasteiger charge is 2.29. The number of rotatable bonds is 4. The minimum atomic E-state index is -0.275. The lowest BCUT2D eigenvalue weighted by Crippen LogP contribution is -2.41. The van der Waals surface area contributed by atoms with Gasteiger partial charge in [-0.1, -0.05) is 50.3 Å². The van der Waals surface area contributed by atoms with E-state index in [0.29, 0.717) is 0 Å². The van der Waals surface area contributed by atoms with Crippen LogP contribution in [-0.4, -0.2) is 0 Å². The molecule has 0 aliphatic heterocycles. The van der Waals surface area contributed by atoms with Crippen molar-refractivity contribution in [3.8, 4) is 0 Å². The predicted molar refractivity (Wildman–Crippen MR) is 62.0 cm³/mol.